The van der Waals surface area contributed by atoms with Gasteiger partial charge in [-0.05, 0) is 19.1 Å². The first-order chi connectivity index (χ1) is 12.7. The minimum Gasteiger partial charge on any atom is -0.349 e. The third kappa shape index (κ3) is 2.90. The van der Waals surface area contributed by atoms with E-state index in [-0.39, 0.29) is 0 Å². The molecule has 4 rings (SSSR count). The summed E-state index contributed by atoms with van der Waals surface area (Å²) in [5, 5.41) is 2.56. The van der Waals surface area contributed by atoms with Crippen LogP contribution in [-0.4, -0.2) is 18.3 Å². The second-order valence-corrected chi connectivity index (χ2v) is 6.55. The van der Waals surface area contributed by atoms with Crippen molar-refractivity contribution < 1.29 is 9.47 Å². The molecule has 3 nitrogen and oxygen atoms in total. The largest absolute Gasteiger partial charge is 0.349 e. The van der Waals surface area contributed by atoms with Crippen molar-refractivity contribution in [3.8, 4) is 0 Å². The van der Waals surface area contributed by atoms with E-state index in [2.05, 4.69) is 53.1 Å². The Morgan fingerprint density at radius 1 is 0.769 bits per heavy atom. The van der Waals surface area contributed by atoms with Crippen molar-refractivity contribution in [1.29, 1.82) is 0 Å². The van der Waals surface area contributed by atoms with Crippen LogP contribution in [0.5, 0.6) is 0 Å². The van der Waals surface area contributed by atoms with Crippen LogP contribution in [-0.2, 0) is 21.8 Å². The molecule has 0 aliphatic carbocycles. The number of nitrogens with zero attached hydrogens (tertiary/aromatic N) is 1. The number of aromatic nitrogens is 1. The molecule has 3 aromatic carbocycles. The molecule has 0 aliphatic heterocycles. The van der Waals surface area contributed by atoms with Gasteiger partial charge in [0.25, 0.3) is 0 Å². The van der Waals surface area contributed by atoms with E-state index in [0.29, 0.717) is 6.61 Å². The summed E-state index contributed by atoms with van der Waals surface area (Å²) >= 11 is 0. The molecule has 0 spiro atoms. The smallest absolute Gasteiger partial charge is 0.191 e. The third-order valence-corrected chi connectivity index (χ3v) is 5.06. The topological polar surface area (TPSA) is 23.4 Å². The molecule has 132 valence electrons. The van der Waals surface area contributed by atoms with Gasteiger partial charge in [0.1, 0.15) is 0 Å². The van der Waals surface area contributed by atoms with Gasteiger partial charge >= 0.3 is 0 Å². The predicted molar refractivity (Wildman–Crippen MR) is 106 cm³/mol. The van der Waals surface area contributed by atoms with E-state index in [9.17, 15) is 0 Å². The van der Waals surface area contributed by atoms with E-state index in [1.807, 2.05) is 37.3 Å². The highest BCUT2D eigenvalue weighted by Gasteiger charge is 2.26. The Balaban J connectivity index is 1.62. The van der Waals surface area contributed by atoms with Crippen molar-refractivity contribution in [2.45, 2.75) is 19.3 Å². The first-order valence-electron chi connectivity index (χ1n) is 8.93. The maximum absolute atomic E-state index is 6.19. The van der Waals surface area contributed by atoms with E-state index in [1.165, 1.54) is 21.8 Å². The van der Waals surface area contributed by atoms with E-state index in [4.69, 9.17) is 9.47 Å². The van der Waals surface area contributed by atoms with Gasteiger partial charge in [0, 0.05) is 41.0 Å². The number of benzene rings is 3. The monoisotopic (exact) mass is 345 g/mol. The summed E-state index contributed by atoms with van der Waals surface area (Å²) in [6.45, 7) is 3.29. The summed E-state index contributed by atoms with van der Waals surface area (Å²) in [7, 11) is 1.69. The fraction of sp³-hybridized carbons (Fsp3) is 0.217. The average molecular weight is 345 g/mol. The van der Waals surface area contributed by atoms with Crippen LogP contribution in [0, 0.1) is 0 Å². The molecule has 0 bridgehead atoms. The van der Waals surface area contributed by atoms with Crippen LogP contribution in [0.1, 0.15) is 12.5 Å². The lowest BCUT2D eigenvalue weighted by Crippen LogP contribution is -2.29. The lowest BCUT2D eigenvalue weighted by molar-refractivity contribution is -0.220. The van der Waals surface area contributed by atoms with Gasteiger partial charge in [-0.1, -0.05) is 66.7 Å². The Hall–Kier alpha value is -2.62. The van der Waals surface area contributed by atoms with Crippen LogP contribution in [0.3, 0.4) is 0 Å². The van der Waals surface area contributed by atoms with Crippen LogP contribution < -0.4 is 0 Å². The number of hydrogen-bond donors (Lipinski definition) is 0. The van der Waals surface area contributed by atoms with Gasteiger partial charge in [-0.3, -0.25) is 0 Å². The highest BCUT2D eigenvalue weighted by atomic mass is 16.7. The zero-order valence-corrected chi connectivity index (χ0v) is 15.2. The first kappa shape index (κ1) is 16.8. The molecule has 0 radical (unpaired) electrons. The summed E-state index contributed by atoms with van der Waals surface area (Å²) in [6, 6.07) is 27.1. The van der Waals surface area contributed by atoms with Gasteiger partial charge < -0.3 is 14.0 Å². The van der Waals surface area contributed by atoms with Gasteiger partial charge in [0.2, 0.25) is 0 Å². The zero-order valence-electron chi connectivity index (χ0n) is 15.2. The zero-order chi connectivity index (χ0) is 18.0. The van der Waals surface area contributed by atoms with Crippen molar-refractivity contribution >= 4 is 21.8 Å². The second kappa shape index (κ2) is 6.94. The van der Waals surface area contributed by atoms with Crippen molar-refractivity contribution in [2.75, 3.05) is 13.7 Å². The molecule has 3 heteroatoms. The number of rotatable bonds is 6. The molecule has 0 aliphatic rings. The van der Waals surface area contributed by atoms with Crippen molar-refractivity contribution in [3.63, 3.8) is 0 Å². The molecule has 0 amide bonds. The quantitative estimate of drug-likeness (QED) is 0.441. The molecule has 0 fully saturated rings. The minimum absolute atomic E-state index is 0.557. The van der Waals surface area contributed by atoms with E-state index >= 15 is 0 Å². The van der Waals surface area contributed by atoms with Crippen LogP contribution in [0.4, 0.5) is 0 Å². The maximum atomic E-state index is 6.19. The van der Waals surface area contributed by atoms with Gasteiger partial charge in [-0.2, -0.15) is 0 Å². The van der Waals surface area contributed by atoms with E-state index in [1.54, 1.807) is 7.11 Å². The number of hydrogen-bond acceptors (Lipinski definition) is 2. The molecule has 4 aromatic rings. The molecule has 0 saturated carbocycles. The van der Waals surface area contributed by atoms with Crippen molar-refractivity contribution in [1.82, 2.24) is 4.57 Å². The summed E-state index contributed by atoms with van der Waals surface area (Å²) in [4.78, 5) is 0. The van der Waals surface area contributed by atoms with Crippen molar-refractivity contribution in [2.24, 2.45) is 0 Å². The number of methoxy groups -OCH3 is 1. The van der Waals surface area contributed by atoms with E-state index < -0.39 is 5.79 Å². The third-order valence-electron chi connectivity index (χ3n) is 5.06. The van der Waals surface area contributed by atoms with Gasteiger partial charge in [0.05, 0.1) is 6.61 Å². The van der Waals surface area contributed by atoms with Gasteiger partial charge in [0.15, 0.2) is 5.79 Å². The number of para-hydroxylation sites is 2. The molecule has 1 aromatic heterocycles. The first-order valence-corrected chi connectivity index (χ1v) is 8.93. The predicted octanol–water partition coefficient (Wildman–Crippen LogP) is 5.33. The average Bonchev–Trinajstić information content (AvgIpc) is 3.03. The molecule has 1 atom stereocenters. The Kier molecular flexibility index (Phi) is 4.49. The molecule has 0 saturated heterocycles. The molecule has 0 unspecified atom stereocenters. The normalized spacial score (nSPS) is 13.9. The van der Waals surface area contributed by atoms with Crippen molar-refractivity contribution in [3.05, 3.63) is 84.4 Å². The lowest BCUT2D eigenvalue weighted by atomic mass is 10.1. The van der Waals surface area contributed by atoms with Crippen LogP contribution in [0.2, 0.25) is 0 Å². The SMILES string of the molecule is CO[C@@](C)(OCCn1c2ccccc2c2ccccc21)c1ccccc1. The van der Waals surface area contributed by atoms with Gasteiger partial charge in [-0.15, -0.1) is 0 Å². The van der Waals surface area contributed by atoms with Crippen LogP contribution in [0.15, 0.2) is 78.9 Å². The van der Waals surface area contributed by atoms with Gasteiger partial charge in [-0.25, -0.2) is 0 Å². The fourth-order valence-corrected chi connectivity index (χ4v) is 3.58. The molecular weight excluding hydrogens is 322 g/mol. The summed E-state index contributed by atoms with van der Waals surface area (Å²) < 4.78 is 14.2. The highest BCUT2D eigenvalue weighted by molar-refractivity contribution is 6.07. The van der Waals surface area contributed by atoms with Crippen LogP contribution in [0.25, 0.3) is 21.8 Å². The van der Waals surface area contributed by atoms with Crippen LogP contribution >= 0.6 is 0 Å². The Morgan fingerprint density at radius 2 is 1.31 bits per heavy atom. The number of ether oxygens (including phenoxy) is 2. The summed E-state index contributed by atoms with van der Waals surface area (Å²) in [5.74, 6) is -0.750. The Bertz CT molecular complexity index is 969. The lowest BCUT2D eigenvalue weighted by Gasteiger charge is -2.29. The summed E-state index contributed by atoms with van der Waals surface area (Å²) in [5.41, 5.74) is 3.48. The molecule has 26 heavy (non-hydrogen) atoms. The second-order valence-electron chi connectivity index (χ2n) is 6.55. The Labute approximate surface area is 153 Å². The molecule has 0 N–H and O–H groups in total. The minimum atomic E-state index is -0.750. The fourth-order valence-electron chi connectivity index (χ4n) is 3.58. The summed E-state index contributed by atoms with van der Waals surface area (Å²) in [6.07, 6.45) is 0. The number of fused-ring (bicyclic) bond motifs is 3. The highest BCUT2D eigenvalue weighted by Crippen LogP contribution is 2.30. The van der Waals surface area contributed by atoms with E-state index in [0.717, 1.165) is 12.1 Å². The molecule has 1 heterocycles. The maximum Gasteiger partial charge on any atom is 0.191 e. The standard InChI is InChI=1S/C23H23NO2/c1-23(25-2,18-10-4-3-5-11-18)26-17-16-24-21-14-8-6-12-19(21)20-13-7-9-15-22(20)24/h3-15H,16-17H2,1-2H3/t23-/m0/s1. The Morgan fingerprint density at radius 3 is 1.88 bits per heavy atom. The molecular formula is C23H23NO2.